The van der Waals surface area contributed by atoms with Crippen molar-refractivity contribution in [2.24, 2.45) is 0 Å². The van der Waals surface area contributed by atoms with Gasteiger partial charge < -0.3 is 14.8 Å². The zero-order chi connectivity index (χ0) is 18.9. The molecule has 1 N–H and O–H groups in total. The van der Waals surface area contributed by atoms with Gasteiger partial charge >= 0.3 is 5.97 Å². The van der Waals surface area contributed by atoms with Crippen molar-refractivity contribution in [3.63, 3.8) is 0 Å². The molecule has 1 amide bonds. The predicted octanol–water partition coefficient (Wildman–Crippen LogP) is 2.86. The summed E-state index contributed by atoms with van der Waals surface area (Å²) in [5.74, 6) is 0.0259. The van der Waals surface area contributed by atoms with E-state index in [1.54, 1.807) is 56.6 Å². The molecule has 1 heterocycles. The number of ether oxygens (including phenoxy) is 2. The molecule has 26 heavy (non-hydrogen) atoms. The topological polar surface area (TPSA) is 80.8 Å². The summed E-state index contributed by atoms with van der Waals surface area (Å²) in [5.41, 5.74) is 1.15. The number of carbonyl (C=O) groups is 2. The van der Waals surface area contributed by atoms with Crippen molar-refractivity contribution < 1.29 is 19.1 Å². The minimum absolute atomic E-state index is 0.253. The van der Waals surface area contributed by atoms with Crippen LogP contribution in [0.15, 0.2) is 54.9 Å². The second kappa shape index (κ2) is 9.22. The first-order valence-electron chi connectivity index (χ1n) is 8.06. The van der Waals surface area contributed by atoms with Crippen molar-refractivity contribution in [1.29, 1.82) is 0 Å². The Morgan fingerprint density at radius 1 is 1.27 bits per heavy atom. The van der Waals surface area contributed by atoms with Gasteiger partial charge in [0.05, 0.1) is 19.4 Å². The van der Waals surface area contributed by atoms with E-state index >= 15 is 0 Å². The van der Waals surface area contributed by atoms with Crippen LogP contribution in [0.1, 0.15) is 17.3 Å². The third kappa shape index (κ3) is 4.60. The average molecular weight is 355 g/mol. The highest BCUT2D eigenvalue weighted by molar-refractivity contribution is 6.07. The number of benzene rings is 1. The maximum atomic E-state index is 13.0. The summed E-state index contributed by atoms with van der Waals surface area (Å²) in [6.07, 6.45) is 4.11. The number of pyridine rings is 1. The Kier molecular flexibility index (Phi) is 6.73. The zero-order valence-electron chi connectivity index (χ0n) is 14.9. The van der Waals surface area contributed by atoms with Gasteiger partial charge in [-0.25, -0.2) is 9.78 Å². The van der Waals surface area contributed by atoms with Crippen LogP contribution >= 0.6 is 0 Å². The number of nitrogens with one attached hydrogen (secondary N) is 1. The molecule has 2 aromatic rings. The highest BCUT2D eigenvalue weighted by Crippen LogP contribution is 2.26. The number of hydrogen-bond donors (Lipinski definition) is 1. The van der Waals surface area contributed by atoms with Crippen LogP contribution in [0.5, 0.6) is 5.75 Å². The third-order valence-corrected chi connectivity index (χ3v) is 3.48. The predicted molar refractivity (Wildman–Crippen MR) is 99.4 cm³/mol. The molecule has 0 aliphatic carbocycles. The number of methoxy groups -OCH3 is 1. The molecule has 0 fully saturated rings. The lowest BCUT2D eigenvalue weighted by molar-refractivity contribution is -0.137. The Morgan fingerprint density at radius 3 is 2.69 bits per heavy atom. The maximum absolute atomic E-state index is 13.0. The van der Waals surface area contributed by atoms with Gasteiger partial charge in [0, 0.05) is 31.1 Å². The van der Waals surface area contributed by atoms with E-state index in [0.29, 0.717) is 17.1 Å². The van der Waals surface area contributed by atoms with Gasteiger partial charge in [0.25, 0.3) is 5.91 Å². The van der Waals surface area contributed by atoms with Gasteiger partial charge in [-0.05, 0) is 37.3 Å². The van der Waals surface area contributed by atoms with Gasteiger partial charge in [-0.2, -0.15) is 0 Å². The molecular formula is C19H21N3O4. The first-order chi connectivity index (χ1) is 12.6. The number of nitrogens with zero attached hydrogens (tertiary/aromatic N) is 2. The summed E-state index contributed by atoms with van der Waals surface area (Å²) >= 11 is 0. The Balaban J connectivity index is 2.38. The van der Waals surface area contributed by atoms with Crippen molar-refractivity contribution in [3.8, 4) is 5.75 Å². The Labute approximate surface area is 152 Å². The summed E-state index contributed by atoms with van der Waals surface area (Å²) < 4.78 is 10.2. The molecule has 0 saturated heterocycles. The molecule has 0 aliphatic rings. The summed E-state index contributed by atoms with van der Waals surface area (Å²) in [6, 6.07) is 10.2. The Bertz CT molecular complexity index is 791. The van der Waals surface area contributed by atoms with E-state index in [-0.39, 0.29) is 12.5 Å². The lowest BCUT2D eigenvalue weighted by atomic mass is 10.1. The fourth-order valence-electron chi connectivity index (χ4n) is 2.24. The average Bonchev–Trinajstić information content (AvgIpc) is 2.68. The molecule has 7 nitrogen and oxygen atoms in total. The monoisotopic (exact) mass is 355 g/mol. The van der Waals surface area contributed by atoms with E-state index < -0.39 is 5.97 Å². The van der Waals surface area contributed by atoms with E-state index in [0.717, 1.165) is 5.69 Å². The molecular weight excluding hydrogens is 334 g/mol. The zero-order valence-corrected chi connectivity index (χ0v) is 14.9. The lowest BCUT2D eigenvalue weighted by Crippen LogP contribution is -2.26. The number of aromatic nitrogens is 1. The number of esters is 1. The minimum atomic E-state index is -0.538. The van der Waals surface area contributed by atoms with Crippen LogP contribution in [0.2, 0.25) is 0 Å². The van der Waals surface area contributed by atoms with Gasteiger partial charge in [-0.3, -0.25) is 9.69 Å². The summed E-state index contributed by atoms with van der Waals surface area (Å²) in [4.78, 5) is 30.1. The number of carbonyl (C=O) groups excluding carboxylic acids is 2. The van der Waals surface area contributed by atoms with Crippen LogP contribution in [0, 0.1) is 0 Å². The molecule has 7 heteroatoms. The highest BCUT2D eigenvalue weighted by Gasteiger charge is 2.18. The van der Waals surface area contributed by atoms with E-state index in [9.17, 15) is 9.59 Å². The second-order valence-corrected chi connectivity index (χ2v) is 5.10. The second-order valence-electron chi connectivity index (χ2n) is 5.10. The van der Waals surface area contributed by atoms with E-state index in [4.69, 9.17) is 9.47 Å². The van der Waals surface area contributed by atoms with Gasteiger partial charge in [-0.15, -0.1) is 0 Å². The quantitative estimate of drug-likeness (QED) is 0.608. The van der Waals surface area contributed by atoms with E-state index in [2.05, 4.69) is 10.3 Å². The van der Waals surface area contributed by atoms with Crippen LogP contribution in [0.25, 0.3) is 0 Å². The van der Waals surface area contributed by atoms with Crippen LogP contribution < -0.4 is 15.0 Å². The first-order valence-corrected chi connectivity index (χ1v) is 8.06. The normalized spacial score (nSPS) is 10.4. The van der Waals surface area contributed by atoms with Gasteiger partial charge in [-0.1, -0.05) is 6.07 Å². The van der Waals surface area contributed by atoms with Gasteiger partial charge in [0.2, 0.25) is 0 Å². The Morgan fingerprint density at radius 2 is 2.08 bits per heavy atom. The Hall–Kier alpha value is -3.35. The molecule has 136 valence electrons. The smallest absolute Gasteiger partial charge is 0.332 e. The van der Waals surface area contributed by atoms with Crippen LogP contribution in [0.3, 0.4) is 0 Å². The molecule has 0 aliphatic heterocycles. The van der Waals surface area contributed by atoms with Crippen molar-refractivity contribution in [1.82, 2.24) is 4.98 Å². The number of anilines is 2. The highest BCUT2D eigenvalue weighted by atomic mass is 16.5. The first kappa shape index (κ1) is 19.0. The van der Waals surface area contributed by atoms with Crippen LogP contribution in [-0.4, -0.2) is 37.6 Å². The molecule has 0 spiro atoms. The van der Waals surface area contributed by atoms with Crippen LogP contribution in [-0.2, 0) is 9.53 Å². The molecule has 2 rings (SSSR count). The molecule has 1 aromatic heterocycles. The molecule has 0 saturated carbocycles. The number of rotatable bonds is 7. The van der Waals surface area contributed by atoms with Crippen molar-refractivity contribution >= 4 is 23.4 Å². The molecule has 0 atom stereocenters. The molecule has 0 radical (unpaired) electrons. The summed E-state index contributed by atoms with van der Waals surface area (Å²) in [6.45, 7) is 1.96. The van der Waals surface area contributed by atoms with E-state index in [1.165, 1.54) is 24.3 Å². The maximum Gasteiger partial charge on any atom is 0.332 e. The number of amides is 1. The largest absolute Gasteiger partial charge is 0.495 e. The van der Waals surface area contributed by atoms with Crippen LogP contribution in [0.4, 0.5) is 11.5 Å². The summed E-state index contributed by atoms with van der Waals surface area (Å²) in [5, 5.41) is 2.99. The molecule has 0 unspecified atom stereocenters. The van der Waals surface area contributed by atoms with Gasteiger partial charge in [0.15, 0.2) is 0 Å². The van der Waals surface area contributed by atoms with Crippen molar-refractivity contribution in [3.05, 3.63) is 60.4 Å². The fraction of sp³-hybridized carbons (Fsp3) is 0.211. The molecule has 1 aromatic carbocycles. The third-order valence-electron chi connectivity index (χ3n) is 3.48. The van der Waals surface area contributed by atoms with Crippen molar-refractivity contribution in [2.45, 2.75) is 6.92 Å². The van der Waals surface area contributed by atoms with Crippen molar-refractivity contribution in [2.75, 3.05) is 31.0 Å². The van der Waals surface area contributed by atoms with Gasteiger partial charge in [0.1, 0.15) is 11.6 Å². The number of hydrogen-bond acceptors (Lipinski definition) is 6. The van der Waals surface area contributed by atoms with E-state index in [1.807, 2.05) is 0 Å². The SMILES string of the molecule is CCOC(=O)C=CN(C(=O)c1ccc(NC)c(OC)c1)c1ccccn1. The lowest BCUT2D eigenvalue weighted by Gasteiger charge is -2.18. The summed E-state index contributed by atoms with van der Waals surface area (Å²) in [7, 11) is 3.29. The standard InChI is InChI=1S/C19H21N3O4/c1-4-26-18(23)10-12-22(17-7-5-6-11-21-17)19(24)14-8-9-15(20-2)16(13-14)25-3/h5-13,20H,4H2,1-3H3. The molecule has 0 bridgehead atoms. The fourth-order valence-corrected chi connectivity index (χ4v) is 2.24. The minimum Gasteiger partial charge on any atom is -0.495 e.